The van der Waals surface area contributed by atoms with Gasteiger partial charge in [-0.15, -0.1) is 0 Å². The van der Waals surface area contributed by atoms with E-state index in [9.17, 15) is 18.6 Å². The highest BCUT2D eigenvalue weighted by Gasteiger charge is 2.46. The van der Waals surface area contributed by atoms with Crippen LogP contribution in [0.5, 0.6) is 0 Å². The van der Waals surface area contributed by atoms with Crippen LogP contribution in [0, 0.1) is 0 Å². The summed E-state index contributed by atoms with van der Waals surface area (Å²) >= 11 is 5.81. The number of benzene rings is 1. The number of nitrogens with one attached hydrogen (secondary N) is 1. The van der Waals surface area contributed by atoms with Gasteiger partial charge in [-0.25, -0.2) is 13.1 Å². The van der Waals surface area contributed by atoms with E-state index in [1.807, 2.05) is 7.05 Å². The Hall–Kier alpha value is -0.780. The highest BCUT2D eigenvalue weighted by atomic mass is 35.5. The molecule has 2 aliphatic heterocycles. The molecule has 2 saturated heterocycles. The maximum atomic E-state index is 12.5. The first-order valence-electron chi connectivity index (χ1n) is 8.94. The van der Waals surface area contributed by atoms with Gasteiger partial charge in [0.2, 0.25) is 10.0 Å². The van der Waals surface area contributed by atoms with Crippen LogP contribution < -0.4 is 4.72 Å². The Kier molecular flexibility index (Phi) is 6.75. The van der Waals surface area contributed by atoms with E-state index in [2.05, 4.69) is 14.5 Å². The fourth-order valence-corrected chi connectivity index (χ4v) is 4.78. The van der Waals surface area contributed by atoms with Gasteiger partial charge in [-0.05, 0) is 31.3 Å². The fraction of sp³-hybridized carbons (Fsp3) is 0.647. The van der Waals surface area contributed by atoms with E-state index < -0.39 is 28.3 Å². The van der Waals surface area contributed by atoms with Crippen molar-refractivity contribution >= 4 is 21.6 Å². The van der Waals surface area contributed by atoms with Crippen LogP contribution in [0.3, 0.4) is 0 Å². The zero-order valence-corrected chi connectivity index (χ0v) is 16.7. The molecule has 1 aromatic rings. The highest BCUT2D eigenvalue weighted by Crippen LogP contribution is 2.27. The summed E-state index contributed by atoms with van der Waals surface area (Å²) in [6.07, 6.45) is -2.15. The number of hydrogen-bond acceptors (Lipinski definition) is 7. The summed E-state index contributed by atoms with van der Waals surface area (Å²) in [5, 5.41) is 20.5. The van der Waals surface area contributed by atoms with Crippen LogP contribution in [0.15, 0.2) is 29.2 Å². The molecular weight excluding hydrogens is 394 g/mol. The van der Waals surface area contributed by atoms with E-state index in [0.29, 0.717) is 5.02 Å². The first kappa shape index (κ1) is 20.9. The minimum atomic E-state index is -3.73. The van der Waals surface area contributed by atoms with Gasteiger partial charge in [-0.3, -0.25) is 4.90 Å². The number of hydrogen-bond donors (Lipinski definition) is 3. The number of aliphatic hydroxyl groups excluding tert-OH is 2. The van der Waals surface area contributed by atoms with Crippen LogP contribution in [0.4, 0.5) is 0 Å². The molecule has 4 atom stereocenters. The standard InChI is InChI=1S/C17H26ClN3O5S/c1-20-6-8-21(9-7-20)16-14(26-15(11-22)17(16)23)10-19-27(24,25)13-4-2-12(18)3-5-13/h2-5,14-17,19,22-23H,6-11H2,1H3/t14-,15+,16+,17-/m1/s1. The molecule has 0 bridgehead atoms. The molecule has 2 fully saturated rings. The second-order valence-corrected chi connectivity index (χ2v) is 9.23. The summed E-state index contributed by atoms with van der Waals surface area (Å²) in [6, 6.07) is 5.53. The maximum Gasteiger partial charge on any atom is 0.240 e. The lowest BCUT2D eigenvalue weighted by atomic mass is 10.0. The Morgan fingerprint density at radius 2 is 1.81 bits per heavy atom. The normalized spacial score (nSPS) is 30.7. The third-order valence-corrected chi connectivity index (χ3v) is 6.89. The van der Waals surface area contributed by atoms with Crippen molar-refractivity contribution in [3.8, 4) is 0 Å². The average Bonchev–Trinajstić information content (AvgIpc) is 2.97. The van der Waals surface area contributed by atoms with E-state index in [1.54, 1.807) is 0 Å². The molecule has 2 heterocycles. The number of halogens is 1. The van der Waals surface area contributed by atoms with Gasteiger partial charge in [0, 0.05) is 37.7 Å². The molecule has 0 aromatic heterocycles. The lowest BCUT2D eigenvalue weighted by molar-refractivity contribution is -0.0201. The molecule has 10 heteroatoms. The SMILES string of the molecule is CN1CCN([C@@H]2[C@H](O)[C@H](CO)O[C@@H]2CNS(=O)(=O)c2ccc(Cl)cc2)CC1. The van der Waals surface area contributed by atoms with Gasteiger partial charge in [0.1, 0.15) is 12.2 Å². The fourth-order valence-electron chi connectivity index (χ4n) is 3.61. The lowest BCUT2D eigenvalue weighted by Gasteiger charge is -2.39. The summed E-state index contributed by atoms with van der Waals surface area (Å²) in [4.78, 5) is 4.42. The summed E-state index contributed by atoms with van der Waals surface area (Å²) in [7, 11) is -1.69. The van der Waals surface area contributed by atoms with Gasteiger partial charge >= 0.3 is 0 Å². The van der Waals surface area contributed by atoms with Gasteiger partial charge in [0.15, 0.2) is 0 Å². The van der Waals surface area contributed by atoms with Gasteiger partial charge in [-0.2, -0.15) is 0 Å². The first-order valence-corrected chi connectivity index (χ1v) is 10.8. The third-order valence-electron chi connectivity index (χ3n) is 5.20. The van der Waals surface area contributed by atoms with Crippen LogP contribution >= 0.6 is 11.6 Å². The van der Waals surface area contributed by atoms with Crippen molar-refractivity contribution in [2.75, 3.05) is 46.4 Å². The average molecular weight is 420 g/mol. The van der Waals surface area contributed by atoms with Crippen LogP contribution in [0.25, 0.3) is 0 Å². The van der Waals surface area contributed by atoms with Crippen molar-refractivity contribution in [1.82, 2.24) is 14.5 Å². The summed E-state index contributed by atoms with van der Waals surface area (Å²) in [5.74, 6) is 0. The molecule has 0 radical (unpaired) electrons. The molecule has 3 N–H and O–H groups in total. The van der Waals surface area contributed by atoms with Gasteiger partial charge in [0.05, 0.1) is 23.6 Å². The number of sulfonamides is 1. The largest absolute Gasteiger partial charge is 0.394 e. The number of nitrogens with zero attached hydrogens (tertiary/aromatic N) is 2. The molecule has 1 aromatic carbocycles. The number of aliphatic hydroxyl groups is 2. The summed E-state index contributed by atoms with van der Waals surface area (Å²) in [6.45, 7) is 2.91. The molecule has 0 aliphatic carbocycles. The van der Waals surface area contributed by atoms with E-state index >= 15 is 0 Å². The van der Waals surface area contributed by atoms with Crippen molar-refractivity contribution in [2.45, 2.75) is 29.2 Å². The predicted molar refractivity (Wildman–Crippen MR) is 101 cm³/mol. The molecule has 0 unspecified atom stereocenters. The van der Waals surface area contributed by atoms with Crippen molar-refractivity contribution < 1.29 is 23.4 Å². The quantitative estimate of drug-likeness (QED) is 0.563. The second-order valence-electron chi connectivity index (χ2n) is 7.02. The van der Waals surface area contributed by atoms with Gasteiger partial charge in [-0.1, -0.05) is 11.6 Å². The predicted octanol–water partition coefficient (Wildman–Crippen LogP) is -0.645. The Balaban J connectivity index is 1.70. The Bertz CT molecular complexity index is 725. The van der Waals surface area contributed by atoms with E-state index in [1.165, 1.54) is 24.3 Å². The van der Waals surface area contributed by atoms with E-state index in [4.69, 9.17) is 16.3 Å². The van der Waals surface area contributed by atoms with Gasteiger partial charge < -0.3 is 19.8 Å². The van der Waals surface area contributed by atoms with Crippen molar-refractivity contribution in [2.24, 2.45) is 0 Å². The molecule has 0 saturated carbocycles. The van der Waals surface area contributed by atoms with Crippen molar-refractivity contribution in [1.29, 1.82) is 0 Å². The van der Waals surface area contributed by atoms with Crippen LogP contribution in [0.1, 0.15) is 0 Å². The molecule has 27 heavy (non-hydrogen) atoms. The Morgan fingerprint density at radius 3 is 2.41 bits per heavy atom. The molecule has 152 valence electrons. The zero-order valence-electron chi connectivity index (χ0n) is 15.2. The third kappa shape index (κ3) is 4.80. The lowest BCUT2D eigenvalue weighted by Crippen LogP contribution is -2.56. The molecule has 3 rings (SSSR count). The number of ether oxygens (including phenoxy) is 1. The minimum Gasteiger partial charge on any atom is -0.394 e. The van der Waals surface area contributed by atoms with E-state index in [0.717, 1.165) is 26.2 Å². The monoisotopic (exact) mass is 419 g/mol. The second kappa shape index (κ2) is 8.71. The molecule has 0 spiro atoms. The first-order chi connectivity index (χ1) is 12.8. The van der Waals surface area contributed by atoms with Crippen molar-refractivity contribution in [3.05, 3.63) is 29.3 Å². The summed E-state index contributed by atoms with van der Waals surface area (Å²) in [5.41, 5.74) is 0. The smallest absolute Gasteiger partial charge is 0.240 e. The van der Waals surface area contributed by atoms with Crippen molar-refractivity contribution in [3.63, 3.8) is 0 Å². The zero-order chi connectivity index (χ0) is 19.6. The molecule has 2 aliphatic rings. The number of likely N-dealkylation sites (N-methyl/N-ethyl adjacent to an activating group) is 1. The van der Waals surface area contributed by atoms with Crippen LogP contribution in [0.2, 0.25) is 5.02 Å². The van der Waals surface area contributed by atoms with Crippen LogP contribution in [-0.4, -0.2) is 99.2 Å². The number of piperazine rings is 1. The molecule has 0 amide bonds. The maximum absolute atomic E-state index is 12.5. The molecule has 8 nitrogen and oxygen atoms in total. The Morgan fingerprint density at radius 1 is 1.19 bits per heavy atom. The highest BCUT2D eigenvalue weighted by molar-refractivity contribution is 7.89. The minimum absolute atomic E-state index is 0.00945. The van der Waals surface area contributed by atoms with E-state index in [-0.39, 0.29) is 24.1 Å². The number of rotatable bonds is 6. The Labute approximate surface area is 164 Å². The van der Waals surface area contributed by atoms with Crippen LogP contribution in [-0.2, 0) is 14.8 Å². The topological polar surface area (TPSA) is 102 Å². The molecular formula is C17H26ClN3O5S. The van der Waals surface area contributed by atoms with Gasteiger partial charge in [0.25, 0.3) is 0 Å². The summed E-state index contributed by atoms with van der Waals surface area (Å²) < 4.78 is 33.4.